The summed E-state index contributed by atoms with van der Waals surface area (Å²) in [7, 11) is 1.61. The molecule has 1 fully saturated rings. The van der Waals surface area contributed by atoms with Crippen LogP contribution in [0.15, 0.2) is 48.5 Å². The van der Waals surface area contributed by atoms with Crippen LogP contribution < -0.4 is 5.32 Å². The first-order valence-corrected chi connectivity index (χ1v) is 10.0. The fraction of sp³-hybridized carbons (Fsp3) is 0.391. The van der Waals surface area contributed by atoms with Crippen LogP contribution in [0, 0.1) is 5.82 Å². The first kappa shape index (κ1) is 19.6. The number of hydrogen-bond donors (Lipinski definition) is 1. The molecule has 0 radical (unpaired) electrons. The van der Waals surface area contributed by atoms with Crippen LogP contribution in [0.25, 0.3) is 0 Å². The zero-order valence-electron chi connectivity index (χ0n) is 16.5. The number of rotatable bonds is 5. The molecule has 1 heterocycles. The van der Waals surface area contributed by atoms with E-state index in [1.54, 1.807) is 25.3 Å². The van der Waals surface area contributed by atoms with Gasteiger partial charge in [0.2, 0.25) is 5.91 Å². The zero-order valence-corrected chi connectivity index (χ0v) is 16.5. The average Bonchev–Trinajstić information content (AvgIpc) is 3.19. The van der Waals surface area contributed by atoms with Crippen LogP contribution in [0.4, 0.5) is 10.1 Å². The monoisotopic (exact) mass is 396 g/mol. The van der Waals surface area contributed by atoms with Crippen LogP contribution in [-0.4, -0.2) is 42.5 Å². The molecule has 1 N–H and O–H groups in total. The highest BCUT2D eigenvalue weighted by molar-refractivity contribution is 6.05. The molecule has 1 unspecified atom stereocenters. The van der Waals surface area contributed by atoms with Crippen molar-refractivity contribution in [3.8, 4) is 0 Å². The molecule has 1 spiro atoms. The molecule has 4 rings (SSSR count). The third kappa shape index (κ3) is 3.42. The lowest BCUT2D eigenvalue weighted by atomic mass is 9.71. The minimum atomic E-state index is -0.561. The van der Waals surface area contributed by atoms with E-state index in [9.17, 15) is 14.0 Å². The highest BCUT2D eigenvalue weighted by Gasteiger charge is 2.55. The van der Waals surface area contributed by atoms with Gasteiger partial charge in [0.25, 0.3) is 5.91 Å². The lowest BCUT2D eigenvalue weighted by molar-refractivity contribution is -0.121. The maximum Gasteiger partial charge on any atom is 0.254 e. The second kappa shape index (κ2) is 7.95. The van der Waals surface area contributed by atoms with Gasteiger partial charge < -0.3 is 15.0 Å². The molecule has 0 saturated heterocycles. The standard InChI is InChI=1S/C23H25FN2O3/c1-29-15-14-26-22(28)19-7-3-2-6-18(19)20(23(26)12-4-5-13-23)21(27)25-17-10-8-16(24)9-11-17/h2-3,6-11,20H,4-5,12-15H2,1H3,(H,25,27). The van der Waals surface area contributed by atoms with Crippen LogP contribution >= 0.6 is 0 Å². The summed E-state index contributed by atoms with van der Waals surface area (Å²) in [5.74, 6) is -1.04. The molecule has 1 saturated carbocycles. The molecule has 0 aromatic heterocycles. The number of halogens is 1. The first-order valence-electron chi connectivity index (χ1n) is 10.0. The van der Waals surface area contributed by atoms with Gasteiger partial charge >= 0.3 is 0 Å². The third-order valence-electron chi connectivity index (χ3n) is 6.18. The molecule has 6 heteroatoms. The molecule has 2 aromatic carbocycles. The Morgan fingerprint density at radius 2 is 1.86 bits per heavy atom. The van der Waals surface area contributed by atoms with Crippen LogP contribution in [0.3, 0.4) is 0 Å². The Hall–Kier alpha value is -2.73. The van der Waals surface area contributed by atoms with Crippen LogP contribution in [0.2, 0.25) is 0 Å². The van der Waals surface area contributed by atoms with Crippen molar-refractivity contribution >= 4 is 17.5 Å². The number of nitrogens with zero attached hydrogens (tertiary/aromatic N) is 1. The predicted octanol–water partition coefficient (Wildman–Crippen LogP) is 3.96. The van der Waals surface area contributed by atoms with E-state index in [4.69, 9.17) is 4.74 Å². The molecule has 5 nitrogen and oxygen atoms in total. The summed E-state index contributed by atoms with van der Waals surface area (Å²) >= 11 is 0. The van der Waals surface area contributed by atoms with Crippen molar-refractivity contribution in [3.63, 3.8) is 0 Å². The molecule has 1 atom stereocenters. The number of benzene rings is 2. The van der Waals surface area contributed by atoms with E-state index >= 15 is 0 Å². The molecule has 29 heavy (non-hydrogen) atoms. The number of carbonyl (C=O) groups excluding carboxylic acids is 2. The van der Waals surface area contributed by atoms with Crippen LogP contribution in [-0.2, 0) is 9.53 Å². The van der Waals surface area contributed by atoms with E-state index in [0.717, 1.165) is 31.2 Å². The van der Waals surface area contributed by atoms with Gasteiger partial charge in [-0.05, 0) is 48.7 Å². The Kier molecular flexibility index (Phi) is 5.37. The maximum atomic E-state index is 13.5. The van der Waals surface area contributed by atoms with E-state index in [2.05, 4.69) is 5.32 Å². The van der Waals surface area contributed by atoms with E-state index in [-0.39, 0.29) is 17.6 Å². The van der Waals surface area contributed by atoms with Gasteiger partial charge in [0.1, 0.15) is 5.82 Å². The fourth-order valence-corrected chi connectivity index (χ4v) is 4.92. The molecule has 2 amide bonds. The van der Waals surface area contributed by atoms with E-state index in [1.165, 1.54) is 12.1 Å². The Morgan fingerprint density at radius 1 is 1.17 bits per heavy atom. The molecule has 2 aromatic rings. The first-order chi connectivity index (χ1) is 14.1. The summed E-state index contributed by atoms with van der Waals surface area (Å²) in [6.45, 7) is 0.867. The number of fused-ring (bicyclic) bond motifs is 1. The Labute approximate surface area is 169 Å². The summed E-state index contributed by atoms with van der Waals surface area (Å²) in [5.41, 5.74) is 1.32. The average molecular weight is 396 g/mol. The molecule has 2 aliphatic rings. The number of amides is 2. The number of methoxy groups -OCH3 is 1. The maximum absolute atomic E-state index is 13.5. The highest BCUT2D eigenvalue weighted by atomic mass is 19.1. The van der Waals surface area contributed by atoms with Gasteiger partial charge in [0, 0.05) is 24.9 Å². The number of nitrogens with one attached hydrogen (secondary N) is 1. The van der Waals surface area contributed by atoms with Gasteiger partial charge in [-0.3, -0.25) is 9.59 Å². The van der Waals surface area contributed by atoms with E-state index in [1.807, 2.05) is 23.1 Å². The van der Waals surface area contributed by atoms with Gasteiger partial charge in [0.05, 0.1) is 18.1 Å². The topological polar surface area (TPSA) is 58.6 Å². The molecular weight excluding hydrogens is 371 g/mol. The molecule has 1 aliphatic carbocycles. The fourth-order valence-electron chi connectivity index (χ4n) is 4.92. The van der Waals surface area contributed by atoms with Gasteiger partial charge in [-0.25, -0.2) is 4.39 Å². The predicted molar refractivity (Wildman–Crippen MR) is 108 cm³/mol. The van der Waals surface area contributed by atoms with Crippen LogP contribution in [0.1, 0.15) is 47.5 Å². The summed E-state index contributed by atoms with van der Waals surface area (Å²) in [6.07, 6.45) is 3.50. The van der Waals surface area contributed by atoms with Gasteiger partial charge in [-0.1, -0.05) is 31.0 Å². The van der Waals surface area contributed by atoms with Crippen molar-refractivity contribution in [1.82, 2.24) is 4.90 Å². The minimum Gasteiger partial charge on any atom is -0.383 e. The summed E-state index contributed by atoms with van der Waals surface area (Å²) in [5, 5.41) is 2.95. The Bertz CT molecular complexity index is 907. The Balaban J connectivity index is 1.77. The highest BCUT2D eigenvalue weighted by Crippen LogP contribution is 2.50. The third-order valence-corrected chi connectivity index (χ3v) is 6.18. The van der Waals surface area contributed by atoms with Crippen LogP contribution in [0.5, 0.6) is 0 Å². The lowest BCUT2D eigenvalue weighted by Crippen LogP contribution is -2.60. The van der Waals surface area contributed by atoms with Crippen molar-refractivity contribution in [1.29, 1.82) is 0 Å². The second-order valence-corrected chi connectivity index (χ2v) is 7.78. The molecule has 1 aliphatic heterocycles. The normalized spacial score (nSPS) is 20.0. The van der Waals surface area contributed by atoms with E-state index in [0.29, 0.717) is 24.4 Å². The van der Waals surface area contributed by atoms with Crippen molar-refractivity contribution < 1.29 is 18.7 Å². The summed E-state index contributed by atoms with van der Waals surface area (Å²) < 4.78 is 18.5. The minimum absolute atomic E-state index is 0.0367. The van der Waals surface area contributed by atoms with Gasteiger partial charge in [-0.2, -0.15) is 0 Å². The van der Waals surface area contributed by atoms with Crippen molar-refractivity contribution in [2.75, 3.05) is 25.6 Å². The second-order valence-electron chi connectivity index (χ2n) is 7.78. The Morgan fingerprint density at radius 3 is 2.55 bits per heavy atom. The SMILES string of the molecule is COCCN1C(=O)c2ccccc2C(C(=O)Nc2ccc(F)cc2)C12CCCC2. The summed E-state index contributed by atoms with van der Waals surface area (Å²) in [4.78, 5) is 28.7. The molecular formula is C23H25FN2O3. The van der Waals surface area contributed by atoms with Crippen molar-refractivity contribution in [2.24, 2.45) is 0 Å². The molecule has 0 bridgehead atoms. The zero-order chi connectivity index (χ0) is 20.4. The van der Waals surface area contributed by atoms with Crippen molar-refractivity contribution in [3.05, 3.63) is 65.5 Å². The quantitative estimate of drug-likeness (QED) is 0.832. The number of anilines is 1. The largest absolute Gasteiger partial charge is 0.383 e. The summed E-state index contributed by atoms with van der Waals surface area (Å²) in [6, 6.07) is 13.1. The number of hydrogen-bond acceptors (Lipinski definition) is 3. The van der Waals surface area contributed by atoms with Gasteiger partial charge in [-0.15, -0.1) is 0 Å². The lowest BCUT2D eigenvalue weighted by Gasteiger charge is -2.50. The smallest absolute Gasteiger partial charge is 0.254 e. The van der Waals surface area contributed by atoms with Gasteiger partial charge in [0.15, 0.2) is 0 Å². The van der Waals surface area contributed by atoms with Crippen molar-refractivity contribution in [2.45, 2.75) is 37.1 Å². The number of carbonyl (C=O) groups is 2. The number of ether oxygens (including phenoxy) is 1. The van der Waals surface area contributed by atoms with E-state index < -0.39 is 11.5 Å². The molecule has 152 valence electrons.